The molecule has 0 spiro atoms. The lowest BCUT2D eigenvalue weighted by molar-refractivity contribution is 0.0950. The predicted molar refractivity (Wildman–Crippen MR) is 118 cm³/mol. The first-order chi connectivity index (χ1) is 13.7. The summed E-state index contributed by atoms with van der Waals surface area (Å²) in [5, 5.41) is 4.34. The number of nitrogens with zero attached hydrogens (tertiary/aromatic N) is 1. The molecule has 0 fully saturated rings. The topological polar surface area (TPSA) is 74.8 Å². The molecule has 0 aliphatic heterocycles. The average Bonchev–Trinajstić information content (AvgIpc) is 2.61. The van der Waals surface area contributed by atoms with E-state index >= 15 is 0 Å². The van der Waals surface area contributed by atoms with Crippen LogP contribution in [0.5, 0.6) is 0 Å². The summed E-state index contributed by atoms with van der Waals surface area (Å²) in [5.74, 6) is 0.173. The van der Waals surface area contributed by atoms with Crippen LogP contribution in [-0.4, -0.2) is 15.9 Å². The summed E-state index contributed by atoms with van der Waals surface area (Å²) in [4.78, 5) is 32.7. The van der Waals surface area contributed by atoms with E-state index in [0.29, 0.717) is 22.1 Å². The first-order valence-corrected chi connectivity index (χ1v) is 10.1. The molecule has 0 radical (unpaired) electrons. The molecule has 0 atom stereocenters. The predicted octanol–water partition coefficient (Wildman–Crippen LogP) is 4.63. The van der Waals surface area contributed by atoms with Gasteiger partial charge in [-0.25, -0.2) is 0 Å². The van der Waals surface area contributed by atoms with Gasteiger partial charge in [0.15, 0.2) is 0 Å². The molecule has 2 aromatic heterocycles. The Balaban J connectivity index is 1.91. The molecule has 0 aliphatic carbocycles. The number of H-pyrrole nitrogens is 1. The zero-order valence-corrected chi connectivity index (χ0v) is 18.2. The van der Waals surface area contributed by atoms with Crippen molar-refractivity contribution in [1.82, 2.24) is 15.3 Å². The number of aromatic amines is 1. The number of rotatable bonds is 5. The van der Waals surface area contributed by atoms with E-state index in [0.717, 1.165) is 39.8 Å². The quantitative estimate of drug-likeness (QED) is 0.642. The first-order valence-electron chi connectivity index (χ1n) is 9.73. The highest BCUT2D eigenvalue weighted by molar-refractivity contribution is 6.35. The Labute approximate surface area is 175 Å². The lowest BCUT2D eigenvalue weighted by Gasteiger charge is -2.14. The van der Waals surface area contributed by atoms with Gasteiger partial charge < -0.3 is 10.3 Å². The summed E-state index contributed by atoms with van der Waals surface area (Å²) >= 11 is 6.32. The van der Waals surface area contributed by atoms with Crippen molar-refractivity contribution in [2.45, 2.75) is 47.6 Å². The number of benzene rings is 1. The van der Waals surface area contributed by atoms with Crippen molar-refractivity contribution < 1.29 is 4.79 Å². The molecule has 0 saturated heterocycles. The summed E-state index contributed by atoms with van der Waals surface area (Å²) < 4.78 is 0. The number of halogens is 1. The highest BCUT2D eigenvalue weighted by Gasteiger charge is 2.16. The number of nitrogens with one attached hydrogen (secondary N) is 2. The molecule has 29 heavy (non-hydrogen) atoms. The van der Waals surface area contributed by atoms with E-state index < -0.39 is 0 Å². The van der Waals surface area contributed by atoms with Crippen LogP contribution < -0.4 is 10.9 Å². The smallest absolute Gasteiger partial charge is 0.253 e. The van der Waals surface area contributed by atoms with Crippen LogP contribution in [0.1, 0.15) is 52.3 Å². The van der Waals surface area contributed by atoms with Gasteiger partial charge in [0.1, 0.15) is 0 Å². The van der Waals surface area contributed by atoms with E-state index in [9.17, 15) is 9.59 Å². The van der Waals surface area contributed by atoms with Crippen LogP contribution in [0, 0.1) is 26.7 Å². The second-order valence-electron chi connectivity index (χ2n) is 7.95. The minimum absolute atomic E-state index is 0.153. The van der Waals surface area contributed by atoms with Gasteiger partial charge in [0.25, 0.3) is 11.5 Å². The zero-order chi connectivity index (χ0) is 21.3. The van der Waals surface area contributed by atoms with Gasteiger partial charge in [0.05, 0.1) is 10.5 Å². The zero-order valence-electron chi connectivity index (χ0n) is 17.4. The van der Waals surface area contributed by atoms with Gasteiger partial charge in [-0.15, -0.1) is 0 Å². The third-order valence-corrected chi connectivity index (χ3v) is 5.29. The Kier molecular flexibility index (Phi) is 6.08. The molecule has 0 saturated carbocycles. The largest absolute Gasteiger partial charge is 0.348 e. The lowest BCUT2D eigenvalue weighted by Crippen LogP contribution is -2.29. The molecule has 3 rings (SSSR count). The SMILES string of the molecule is Cc1cc(Cl)c2ccc(C(=O)NCc3c(CC(C)C)cc(C)[nH]c3=O)c(C)c2n1. The summed E-state index contributed by atoms with van der Waals surface area (Å²) in [7, 11) is 0. The Morgan fingerprint density at radius 1 is 1.21 bits per heavy atom. The molecule has 5 nitrogen and oxygen atoms in total. The normalized spacial score (nSPS) is 11.3. The van der Waals surface area contributed by atoms with E-state index in [2.05, 4.69) is 29.1 Å². The summed E-state index contributed by atoms with van der Waals surface area (Å²) in [5.41, 5.74) is 5.06. The molecule has 1 aromatic carbocycles. The van der Waals surface area contributed by atoms with Gasteiger partial charge in [0.2, 0.25) is 0 Å². The maximum Gasteiger partial charge on any atom is 0.253 e. The van der Waals surface area contributed by atoms with Gasteiger partial charge in [-0.2, -0.15) is 0 Å². The molecule has 0 unspecified atom stereocenters. The van der Waals surface area contributed by atoms with E-state index in [1.807, 2.05) is 39.0 Å². The van der Waals surface area contributed by atoms with Crippen molar-refractivity contribution >= 4 is 28.4 Å². The molecular weight excluding hydrogens is 386 g/mol. The number of hydrogen-bond donors (Lipinski definition) is 2. The minimum Gasteiger partial charge on any atom is -0.348 e. The van der Waals surface area contributed by atoms with Crippen molar-refractivity contribution in [3.63, 3.8) is 0 Å². The lowest BCUT2D eigenvalue weighted by atomic mass is 9.98. The monoisotopic (exact) mass is 411 g/mol. The van der Waals surface area contributed by atoms with Crippen LogP contribution in [-0.2, 0) is 13.0 Å². The third kappa shape index (κ3) is 4.51. The number of amides is 1. The molecule has 0 aliphatic rings. The van der Waals surface area contributed by atoms with Gasteiger partial charge in [0, 0.05) is 34.4 Å². The second-order valence-corrected chi connectivity index (χ2v) is 8.35. The fourth-order valence-electron chi connectivity index (χ4n) is 3.62. The molecular formula is C23H26ClN3O2. The highest BCUT2D eigenvalue weighted by Crippen LogP contribution is 2.27. The minimum atomic E-state index is -0.237. The Hall–Kier alpha value is -2.66. The molecule has 3 aromatic rings. The van der Waals surface area contributed by atoms with Gasteiger partial charge in [-0.1, -0.05) is 31.5 Å². The standard InChI is InChI=1S/C23H26ClN3O2/c1-12(2)8-16-9-13(3)27-23(29)19(16)11-25-22(28)17-6-7-18-20(24)10-14(4)26-21(18)15(17)5/h6-7,9-10,12H,8,11H2,1-5H3,(H,25,28)(H,27,29). The van der Waals surface area contributed by atoms with E-state index in [-0.39, 0.29) is 18.0 Å². The second kappa shape index (κ2) is 8.37. The Morgan fingerprint density at radius 3 is 2.62 bits per heavy atom. The molecule has 2 N–H and O–H groups in total. The van der Waals surface area contributed by atoms with E-state index in [1.165, 1.54) is 0 Å². The molecule has 0 bridgehead atoms. The van der Waals surface area contributed by atoms with Crippen molar-refractivity contribution in [2.75, 3.05) is 0 Å². The Bertz CT molecular complexity index is 1150. The van der Waals surface area contributed by atoms with Crippen LogP contribution in [0.2, 0.25) is 5.02 Å². The maximum absolute atomic E-state index is 12.9. The molecule has 2 heterocycles. The molecule has 152 valence electrons. The van der Waals surface area contributed by atoms with Crippen molar-refractivity contribution in [3.8, 4) is 0 Å². The summed E-state index contributed by atoms with van der Waals surface area (Å²) in [6.07, 6.45) is 0.784. The van der Waals surface area contributed by atoms with Crippen LogP contribution in [0.15, 0.2) is 29.1 Å². The van der Waals surface area contributed by atoms with Crippen LogP contribution in [0.4, 0.5) is 0 Å². The van der Waals surface area contributed by atoms with E-state index in [1.54, 1.807) is 6.07 Å². The van der Waals surface area contributed by atoms with Crippen molar-refractivity contribution in [1.29, 1.82) is 0 Å². The summed E-state index contributed by atoms with van der Waals surface area (Å²) in [6, 6.07) is 7.36. The van der Waals surface area contributed by atoms with E-state index in [4.69, 9.17) is 11.6 Å². The fourth-order valence-corrected chi connectivity index (χ4v) is 3.93. The highest BCUT2D eigenvalue weighted by atomic mass is 35.5. The third-order valence-electron chi connectivity index (χ3n) is 4.97. The number of carbonyl (C=O) groups is 1. The van der Waals surface area contributed by atoms with Crippen LogP contribution in [0.3, 0.4) is 0 Å². The number of hydrogen-bond acceptors (Lipinski definition) is 3. The van der Waals surface area contributed by atoms with Crippen molar-refractivity contribution in [2.24, 2.45) is 5.92 Å². The van der Waals surface area contributed by atoms with Crippen molar-refractivity contribution in [3.05, 3.63) is 73.3 Å². The fraction of sp³-hybridized carbons (Fsp3) is 0.348. The van der Waals surface area contributed by atoms with Crippen LogP contribution >= 0.6 is 11.6 Å². The number of fused-ring (bicyclic) bond motifs is 1. The number of carbonyl (C=O) groups excluding carboxylic acids is 1. The maximum atomic E-state index is 12.9. The van der Waals surface area contributed by atoms with Gasteiger partial charge in [-0.05, 0) is 62.4 Å². The molecule has 6 heteroatoms. The van der Waals surface area contributed by atoms with Gasteiger partial charge >= 0.3 is 0 Å². The Morgan fingerprint density at radius 2 is 1.93 bits per heavy atom. The number of aromatic nitrogens is 2. The van der Waals surface area contributed by atoms with Crippen LogP contribution in [0.25, 0.3) is 10.9 Å². The molecule has 1 amide bonds. The number of aryl methyl sites for hydroxylation is 3. The number of pyridine rings is 2. The average molecular weight is 412 g/mol. The summed E-state index contributed by atoms with van der Waals surface area (Å²) in [6.45, 7) is 10.00. The van der Waals surface area contributed by atoms with Gasteiger partial charge in [-0.3, -0.25) is 14.6 Å². The first kappa shape index (κ1) is 21.1.